The summed E-state index contributed by atoms with van der Waals surface area (Å²) in [5.41, 5.74) is 18.7. The standard InChI is InChI=1S/C33H30/c1-4-19-22-13-7-10-16-25(22)31-28(19)32-26-17-11-8-14-23(26)20(5-2)30(32)33-27-18-12-9-15-24(27)21(6-3)29(31)33/h7-21H,4-6H2,1-3H3. The summed E-state index contributed by atoms with van der Waals surface area (Å²) in [4.78, 5) is 0. The monoisotopic (exact) mass is 426 g/mol. The zero-order valence-electron chi connectivity index (χ0n) is 19.8. The molecule has 0 fully saturated rings. The highest BCUT2D eigenvalue weighted by atomic mass is 14.5. The zero-order chi connectivity index (χ0) is 22.3. The second-order valence-corrected chi connectivity index (χ2v) is 10.0. The third-order valence-corrected chi connectivity index (χ3v) is 8.70. The summed E-state index contributed by atoms with van der Waals surface area (Å²) in [5, 5.41) is 0. The fourth-order valence-corrected chi connectivity index (χ4v) is 7.55. The average Bonchev–Trinajstić information content (AvgIpc) is 3.48. The molecule has 0 nitrogen and oxygen atoms in total. The van der Waals surface area contributed by atoms with Crippen molar-refractivity contribution >= 4 is 0 Å². The lowest BCUT2D eigenvalue weighted by molar-refractivity contribution is 0.774. The quantitative estimate of drug-likeness (QED) is 0.306. The van der Waals surface area contributed by atoms with Gasteiger partial charge >= 0.3 is 0 Å². The van der Waals surface area contributed by atoms with Crippen molar-refractivity contribution in [2.24, 2.45) is 0 Å². The number of hydrogen-bond donors (Lipinski definition) is 0. The van der Waals surface area contributed by atoms with Crippen molar-refractivity contribution in [3.63, 3.8) is 0 Å². The Balaban J connectivity index is 1.72. The maximum Gasteiger partial charge on any atom is 0.0105 e. The van der Waals surface area contributed by atoms with E-state index in [1.165, 1.54) is 33.4 Å². The Kier molecular flexibility index (Phi) is 4.07. The second kappa shape index (κ2) is 6.94. The van der Waals surface area contributed by atoms with Crippen LogP contribution >= 0.6 is 0 Å². The lowest BCUT2D eigenvalue weighted by Gasteiger charge is -2.24. The molecular weight excluding hydrogens is 396 g/mol. The van der Waals surface area contributed by atoms with Crippen molar-refractivity contribution in [3.05, 3.63) is 106 Å². The lowest BCUT2D eigenvalue weighted by atomic mass is 9.79. The summed E-state index contributed by atoms with van der Waals surface area (Å²) < 4.78 is 0. The largest absolute Gasteiger partial charge is 0.0645 e. The van der Waals surface area contributed by atoms with Gasteiger partial charge in [0.25, 0.3) is 0 Å². The van der Waals surface area contributed by atoms with Gasteiger partial charge in [-0.1, -0.05) is 93.6 Å². The van der Waals surface area contributed by atoms with Crippen LogP contribution in [-0.2, 0) is 0 Å². The van der Waals surface area contributed by atoms with Gasteiger partial charge < -0.3 is 0 Å². The van der Waals surface area contributed by atoms with E-state index in [-0.39, 0.29) is 0 Å². The molecule has 162 valence electrons. The molecule has 0 amide bonds. The van der Waals surface area contributed by atoms with E-state index in [4.69, 9.17) is 0 Å². The first-order chi connectivity index (χ1) is 16.3. The minimum Gasteiger partial charge on any atom is -0.0645 e. The van der Waals surface area contributed by atoms with Crippen molar-refractivity contribution in [2.75, 3.05) is 0 Å². The fourth-order valence-electron chi connectivity index (χ4n) is 7.55. The minimum absolute atomic E-state index is 0.486. The molecule has 33 heavy (non-hydrogen) atoms. The van der Waals surface area contributed by atoms with Crippen LogP contribution in [0, 0.1) is 0 Å². The topological polar surface area (TPSA) is 0 Å². The SMILES string of the molecule is CCC1c2ccccc2-c2c1c1c(c3c2C(CC)c2ccccc2-3)C(CC)c2ccccc2-1. The predicted octanol–water partition coefficient (Wildman–Crippen LogP) is 9.25. The van der Waals surface area contributed by atoms with Gasteiger partial charge in [-0.05, 0) is 86.0 Å². The summed E-state index contributed by atoms with van der Waals surface area (Å²) in [5.74, 6) is 1.46. The smallest absolute Gasteiger partial charge is 0.0105 e. The summed E-state index contributed by atoms with van der Waals surface area (Å²) >= 11 is 0. The Hall–Kier alpha value is -3.12. The number of fused-ring (bicyclic) bond motifs is 12. The van der Waals surface area contributed by atoms with Gasteiger partial charge in [0.05, 0.1) is 0 Å². The normalized spacial score (nSPS) is 20.6. The van der Waals surface area contributed by atoms with Crippen LogP contribution in [0.1, 0.15) is 91.2 Å². The Morgan fingerprint density at radius 1 is 0.424 bits per heavy atom. The van der Waals surface area contributed by atoms with Crippen LogP contribution in [0.25, 0.3) is 33.4 Å². The Labute approximate surface area is 197 Å². The van der Waals surface area contributed by atoms with Crippen LogP contribution in [0.3, 0.4) is 0 Å². The maximum absolute atomic E-state index is 2.39. The summed E-state index contributed by atoms with van der Waals surface area (Å²) in [6, 6.07) is 27.8. The first kappa shape index (κ1) is 19.4. The molecule has 0 N–H and O–H groups in total. The molecule has 0 spiro atoms. The molecule has 3 aliphatic carbocycles. The Bertz CT molecular complexity index is 1240. The molecule has 0 bridgehead atoms. The highest BCUT2D eigenvalue weighted by Gasteiger charge is 2.44. The van der Waals surface area contributed by atoms with E-state index in [0.717, 1.165) is 19.3 Å². The Morgan fingerprint density at radius 2 is 0.697 bits per heavy atom. The van der Waals surface area contributed by atoms with Crippen molar-refractivity contribution in [1.29, 1.82) is 0 Å². The van der Waals surface area contributed by atoms with Gasteiger partial charge in [0, 0.05) is 17.8 Å². The fraction of sp³-hybridized carbons (Fsp3) is 0.273. The number of hydrogen-bond acceptors (Lipinski definition) is 0. The van der Waals surface area contributed by atoms with Gasteiger partial charge in [0.15, 0.2) is 0 Å². The summed E-state index contributed by atoms with van der Waals surface area (Å²) in [7, 11) is 0. The first-order valence-electron chi connectivity index (χ1n) is 12.8. The van der Waals surface area contributed by atoms with Crippen molar-refractivity contribution < 1.29 is 0 Å². The Morgan fingerprint density at radius 3 is 0.970 bits per heavy atom. The van der Waals surface area contributed by atoms with Crippen molar-refractivity contribution in [3.8, 4) is 33.4 Å². The summed E-state index contributed by atoms with van der Waals surface area (Å²) in [6.07, 6.45) is 3.45. The highest BCUT2D eigenvalue weighted by molar-refractivity contribution is 6.02. The van der Waals surface area contributed by atoms with Gasteiger partial charge in [-0.15, -0.1) is 0 Å². The number of rotatable bonds is 3. The van der Waals surface area contributed by atoms with E-state index in [0.29, 0.717) is 17.8 Å². The van der Waals surface area contributed by atoms with Crippen LogP contribution in [0.15, 0.2) is 72.8 Å². The van der Waals surface area contributed by atoms with Gasteiger partial charge in [-0.2, -0.15) is 0 Å². The van der Waals surface area contributed by atoms with E-state index in [1.54, 1.807) is 33.4 Å². The van der Waals surface area contributed by atoms with E-state index < -0.39 is 0 Å². The van der Waals surface area contributed by atoms with Gasteiger partial charge in [-0.3, -0.25) is 0 Å². The van der Waals surface area contributed by atoms with Crippen molar-refractivity contribution in [2.45, 2.75) is 57.8 Å². The molecule has 3 atom stereocenters. The molecule has 4 aromatic carbocycles. The molecular formula is C33H30. The van der Waals surface area contributed by atoms with Crippen LogP contribution in [0.2, 0.25) is 0 Å². The predicted molar refractivity (Wildman–Crippen MR) is 139 cm³/mol. The molecule has 0 aromatic heterocycles. The molecule has 0 aliphatic heterocycles. The van der Waals surface area contributed by atoms with E-state index in [1.807, 2.05) is 0 Å². The average molecular weight is 427 g/mol. The van der Waals surface area contributed by atoms with Gasteiger partial charge in [-0.25, -0.2) is 0 Å². The van der Waals surface area contributed by atoms with Crippen LogP contribution < -0.4 is 0 Å². The van der Waals surface area contributed by atoms with Crippen molar-refractivity contribution in [1.82, 2.24) is 0 Å². The van der Waals surface area contributed by atoms with Crippen LogP contribution in [0.5, 0.6) is 0 Å². The molecule has 0 saturated carbocycles. The number of benzene rings is 4. The third kappa shape index (κ3) is 2.27. The highest BCUT2D eigenvalue weighted by Crippen LogP contribution is 2.65. The lowest BCUT2D eigenvalue weighted by Crippen LogP contribution is -2.05. The molecule has 3 unspecified atom stereocenters. The van der Waals surface area contributed by atoms with E-state index >= 15 is 0 Å². The second-order valence-electron chi connectivity index (χ2n) is 10.0. The van der Waals surface area contributed by atoms with Crippen LogP contribution in [-0.4, -0.2) is 0 Å². The van der Waals surface area contributed by atoms with Gasteiger partial charge in [0.2, 0.25) is 0 Å². The third-order valence-electron chi connectivity index (χ3n) is 8.70. The molecule has 0 saturated heterocycles. The van der Waals surface area contributed by atoms with E-state index in [9.17, 15) is 0 Å². The van der Waals surface area contributed by atoms with E-state index in [2.05, 4.69) is 93.6 Å². The first-order valence-corrected chi connectivity index (χ1v) is 12.8. The van der Waals surface area contributed by atoms with Gasteiger partial charge in [0.1, 0.15) is 0 Å². The zero-order valence-corrected chi connectivity index (χ0v) is 19.8. The summed E-state index contributed by atoms with van der Waals surface area (Å²) in [6.45, 7) is 7.13. The molecule has 4 aromatic rings. The van der Waals surface area contributed by atoms with Crippen LogP contribution in [0.4, 0.5) is 0 Å². The maximum atomic E-state index is 2.39. The molecule has 7 rings (SSSR count). The minimum atomic E-state index is 0.486. The molecule has 0 heterocycles. The molecule has 0 heteroatoms. The molecule has 3 aliphatic rings. The molecule has 0 radical (unpaired) electrons.